The highest BCUT2D eigenvalue weighted by Crippen LogP contribution is 2.30. The van der Waals surface area contributed by atoms with Gasteiger partial charge in [0.15, 0.2) is 0 Å². The van der Waals surface area contributed by atoms with E-state index >= 15 is 0 Å². The van der Waals surface area contributed by atoms with Crippen LogP contribution in [0.3, 0.4) is 0 Å². The van der Waals surface area contributed by atoms with Gasteiger partial charge < -0.3 is 9.47 Å². The van der Waals surface area contributed by atoms with Crippen molar-refractivity contribution in [1.29, 1.82) is 0 Å². The van der Waals surface area contributed by atoms with Crippen molar-refractivity contribution >= 4 is 28.8 Å². The predicted octanol–water partition coefficient (Wildman–Crippen LogP) is 3.03. The molecule has 0 spiro atoms. The standard InChI is InChI=1S/C26H19NO6/c1-14(2)10-17-11-16(8-9-20(17)27(30)31)24-19-13-21-18(12-22(19)33-26(24)29)23(25(28)32-21)15-6-4-3-5-7-15/h3-9,11-14H,10H2,1-2H3. The van der Waals surface area contributed by atoms with E-state index < -0.39 is 16.9 Å². The lowest BCUT2D eigenvalue weighted by molar-refractivity contribution is -0.385. The summed E-state index contributed by atoms with van der Waals surface area (Å²) in [6.45, 7) is 3.95. The lowest BCUT2D eigenvalue weighted by Crippen LogP contribution is -2.11. The van der Waals surface area contributed by atoms with Gasteiger partial charge in [-0.25, -0.2) is 9.59 Å². The summed E-state index contributed by atoms with van der Waals surface area (Å²) in [6, 6.07) is 17.1. The third-order valence-electron chi connectivity index (χ3n) is 5.69. The first-order valence-electron chi connectivity index (χ1n) is 10.5. The molecule has 0 bridgehead atoms. The molecule has 0 aromatic heterocycles. The zero-order chi connectivity index (χ0) is 23.3. The molecule has 0 amide bonds. The van der Waals surface area contributed by atoms with E-state index in [0.717, 1.165) is 0 Å². The van der Waals surface area contributed by atoms with E-state index in [0.29, 0.717) is 50.6 Å². The van der Waals surface area contributed by atoms with Crippen molar-refractivity contribution in [2.75, 3.05) is 0 Å². The lowest BCUT2D eigenvalue weighted by atomic mass is 9.95. The molecular weight excluding hydrogens is 422 g/mol. The molecule has 0 N–H and O–H groups in total. The van der Waals surface area contributed by atoms with Gasteiger partial charge in [0.05, 0.1) is 16.1 Å². The fraction of sp³-hybridized carbons (Fsp3) is 0.154. The van der Waals surface area contributed by atoms with Crippen molar-refractivity contribution in [3.8, 4) is 11.5 Å². The quantitative estimate of drug-likeness (QED) is 0.261. The molecule has 33 heavy (non-hydrogen) atoms. The molecule has 0 aliphatic carbocycles. The van der Waals surface area contributed by atoms with Crippen LogP contribution < -0.4 is 19.9 Å². The number of nitrogens with zero attached hydrogens (tertiary/aromatic N) is 1. The summed E-state index contributed by atoms with van der Waals surface area (Å²) in [5, 5.41) is 12.5. The molecule has 164 valence electrons. The number of rotatable bonds is 5. The van der Waals surface area contributed by atoms with Crippen LogP contribution in [0, 0.1) is 16.0 Å². The molecular formula is C26H19NO6. The molecule has 0 saturated heterocycles. The van der Waals surface area contributed by atoms with E-state index in [9.17, 15) is 19.7 Å². The van der Waals surface area contributed by atoms with E-state index in [1.165, 1.54) is 6.07 Å². The first kappa shape index (κ1) is 20.6. The number of carbonyl (C=O) groups is 2. The summed E-state index contributed by atoms with van der Waals surface area (Å²) >= 11 is 0. The summed E-state index contributed by atoms with van der Waals surface area (Å²) < 4.78 is 11.0. The minimum Gasteiger partial charge on any atom is -0.422 e. The van der Waals surface area contributed by atoms with Crippen LogP contribution in [0.4, 0.5) is 5.69 Å². The summed E-state index contributed by atoms with van der Waals surface area (Å²) in [5.41, 5.74) is 2.50. The first-order valence-corrected chi connectivity index (χ1v) is 10.5. The van der Waals surface area contributed by atoms with Gasteiger partial charge in [-0.1, -0.05) is 44.2 Å². The highest BCUT2D eigenvalue weighted by atomic mass is 16.6. The Kier molecular flexibility index (Phi) is 4.82. The summed E-state index contributed by atoms with van der Waals surface area (Å²) in [5.74, 6) is -0.156. The SMILES string of the molecule is CC(C)Cc1cc(C2=c3cc4c(cc3OC2=O)=C(c2ccccc2)C(=O)O4)ccc1[N+](=O)[O-]. The molecule has 7 nitrogen and oxygen atoms in total. The summed E-state index contributed by atoms with van der Waals surface area (Å²) in [4.78, 5) is 36.5. The minimum absolute atomic E-state index is 0.0182. The highest BCUT2D eigenvalue weighted by molar-refractivity contribution is 6.21. The van der Waals surface area contributed by atoms with Crippen molar-refractivity contribution in [3.63, 3.8) is 0 Å². The number of hydrogen-bond donors (Lipinski definition) is 0. The second-order valence-corrected chi connectivity index (χ2v) is 8.44. The van der Waals surface area contributed by atoms with Gasteiger partial charge in [-0.15, -0.1) is 0 Å². The zero-order valence-corrected chi connectivity index (χ0v) is 18.0. The van der Waals surface area contributed by atoms with Gasteiger partial charge in [0, 0.05) is 22.1 Å². The number of nitro benzene ring substituents is 1. The van der Waals surface area contributed by atoms with Crippen molar-refractivity contribution in [2.45, 2.75) is 20.3 Å². The van der Waals surface area contributed by atoms with Crippen LogP contribution in [-0.2, 0) is 16.0 Å². The third-order valence-corrected chi connectivity index (χ3v) is 5.69. The number of hydrogen-bond acceptors (Lipinski definition) is 6. The normalized spacial score (nSPS) is 14.3. The van der Waals surface area contributed by atoms with Gasteiger partial charge in [0.1, 0.15) is 11.5 Å². The predicted molar refractivity (Wildman–Crippen MR) is 120 cm³/mol. The number of benzene rings is 3. The number of ether oxygens (including phenoxy) is 2. The fourth-order valence-electron chi connectivity index (χ4n) is 4.32. The van der Waals surface area contributed by atoms with Gasteiger partial charge in [-0.2, -0.15) is 0 Å². The van der Waals surface area contributed by atoms with Crippen molar-refractivity contribution in [1.82, 2.24) is 0 Å². The summed E-state index contributed by atoms with van der Waals surface area (Å²) in [6.07, 6.45) is 0.497. The average molecular weight is 441 g/mol. The van der Waals surface area contributed by atoms with Gasteiger partial charge in [0.25, 0.3) is 5.69 Å². The van der Waals surface area contributed by atoms with Crippen LogP contribution in [0.1, 0.15) is 30.5 Å². The minimum atomic E-state index is -0.550. The molecule has 3 aromatic rings. The summed E-state index contributed by atoms with van der Waals surface area (Å²) in [7, 11) is 0. The van der Waals surface area contributed by atoms with Gasteiger partial charge in [-0.05, 0) is 47.7 Å². The molecule has 2 aliphatic heterocycles. The molecule has 5 rings (SSSR count). The Morgan fingerprint density at radius 1 is 0.818 bits per heavy atom. The molecule has 0 atom stereocenters. The van der Waals surface area contributed by atoms with Crippen LogP contribution >= 0.6 is 0 Å². The Hall–Kier alpha value is -4.26. The number of fused-ring (bicyclic) bond motifs is 2. The molecule has 0 unspecified atom stereocenters. The topological polar surface area (TPSA) is 95.7 Å². The second-order valence-electron chi connectivity index (χ2n) is 8.44. The van der Waals surface area contributed by atoms with E-state index in [-0.39, 0.29) is 17.2 Å². The van der Waals surface area contributed by atoms with Gasteiger partial charge >= 0.3 is 11.9 Å². The van der Waals surface area contributed by atoms with Crippen molar-refractivity contribution in [3.05, 3.63) is 97.9 Å². The Balaban J connectivity index is 1.72. The Bertz CT molecular complexity index is 1470. The van der Waals surface area contributed by atoms with Crippen molar-refractivity contribution in [2.24, 2.45) is 5.92 Å². The molecule has 7 heteroatoms. The smallest absolute Gasteiger partial charge is 0.344 e. The van der Waals surface area contributed by atoms with Crippen LogP contribution in [0.2, 0.25) is 0 Å². The first-order chi connectivity index (χ1) is 15.8. The Labute approximate surface area is 188 Å². The van der Waals surface area contributed by atoms with E-state index in [1.54, 1.807) is 24.3 Å². The van der Waals surface area contributed by atoms with Crippen LogP contribution in [0.15, 0.2) is 60.7 Å². The molecule has 2 heterocycles. The van der Waals surface area contributed by atoms with E-state index in [4.69, 9.17) is 9.47 Å². The van der Waals surface area contributed by atoms with Gasteiger partial charge in [0.2, 0.25) is 0 Å². The number of esters is 2. The molecule has 2 aliphatic rings. The van der Waals surface area contributed by atoms with Crippen LogP contribution in [0.5, 0.6) is 11.5 Å². The van der Waals surface area contributed by atoms with Crippen LogP contribution in [0.25, 0.3) is 11.1 Å². The van der Waals surface area contributed by atoms with Gasteiger partial charge in [-0.3, -0.25) is 10.1 Å². The van der Waals surface area contributed by atoms with E-state index in [2.05, 4.69) is 0 Å². The maximum absolute atomic E-state index is 12.8. The number of nitro groups is 1. The monoisotopic (exact) mass is 441 g/mol. The maximum atomic E-state index is 12.8. The average Bonchev–Trinajstić information content (AvgIpc) is 3.25. The zero-order valence-electron chi connectivity index (χ0n) is 18.0. The molecule has 3 aromatic carbocycles. The molecule has 0 fully saturated rings. The van der Waals surface area contributed by atoms with Crippen molar-refractivity contribution < 1.29 is 24.0 Å². The largest absolute Gasteiger partial charge is 0.422 e. The highest BCUT2D eigenvalue weighted by Gasteiger charge is 2.31. The number of carbonyl (C=O) groups excluding carboxylic acids is 2. The Morgan fingerprint density at radius 3 is 1.94 bits per heavy atom. The Morgan fingerprint density at radius 2 is 1.39 bits per heavy atom. The maximum Gasteiger partial charge on any atom is 0.344 e. The fourth-order valence-corrected chi connectivity index (χ4v) is 4.32. The van der Waals surface area contributed by atoms with E-state index in [1.807, 2.05) is 44.2 Å². The third kappa shape index (κ3) is 3.47. The lowest BCUT2D eigenvalue weighted by Gasteiger charge is -2.08. The molecule has 0 saturated carbocycles. The molecule has 0 radical (unpaired) electrons. The van der Waals surface area contributed by atoms with Crippen LogP contribution in [-0.4, -0.2) is 16.9 Å². The second kappa shape index (κ2) is 7.70.